The van der Waals surface area contributed by atoms with Crippen molar-refractivity contribution < 1.29 is 4.79 Å². The van der Waals surface area contributed by atoms with Crippen LogP contribution in [0.1, 0.15) is 21.6 Å². The van der Waals surface area contributed by atoms with Gasteiger partial charge in [-0.1, -0.05) is 24.3 Å². The first-order valence-corrected chi connectivity index (χ1v) is 7.54. The molecule has 5 rings (SSSR count). The van der Waals surface area contributed by atoms with Gasteiger partial charge < -0.3 is 0 Å². The largest absolute Gasteiger partial charge is 0.287 e. The summed E-state index contributed by atoms with van der Waals surface area (Å²) in [6.07, 6.45) is 1.76. The number of nitrogens with zero attached hydrogens (tertiary/aromatic N) is 3. The summed E-state index contributed by atoms with van der Waals surface area (Å²) in [6, 6.07) is 16.9. The second kappa shape index (κ2) is 4.46. The molecule has 0 spiro atoms. The molecule has 4 heteroatoms. The Balaban J connectivity index is 2.02. The molecule has 0 bridgehead atoms. The summed E-state index contributed by atoms with van der Waals surface area (Å²) >= 11 is 0. The summed E-state index contributed by atoms with van der Waals surface area (Å²) in [4.78, 5) is 22.1. The number of carbonyl (C=O) groups excluding carboxylic acids is 1. The average molecular weight is 307 g/mol. The molecule has 1 aliphatic carbocycles. The van der Waals surface area contributed by atoms with Crippen molar-refractivity contribution in [3.05, 3.63) is 71.5 Å². The maximum Gasteiger partial charge on any atom is 0.212 e. The van der Waals surface area contributed by atoms with E-state index in [0.717, 1.165) is 32.9 Å². The lowest BCUT2D eigenvalue weighted by atomic mass is 9.87. The van der Waals surface area contributed by atoms with Gasteiger partial charge in [-0.05, 0) is 29.7 Å². The number of carbonyl (C=O) groups is 1. The highest BCUT2D eigenvalue weighted by molar-refractivity contribution is 6.27. The first-order valence-electron chi connectivity index (χ1n) is 7.54. The fourth-order valence-electron chi connectivity index (χ4n) is 3.41. The Morgan fingerprint density at radius 2 is 1.79 bits per heavy atom. The van der Waals surface area contributed by atoms with E-state index in [1.807, 2.05) is 30.3 Å². The Morgan fingerprint density at radius 1 is 0.917 bits per heavy atom. The van der Waals surface area contributed by atoms with Crippen LogP contribution in [0.25, 0.3) is 32.9 Å². The van der Waals surface area contributed by atoms with Crippen molar-refractivity contribution in [2.45, 2.75) is 0 Å². The number of rotatable bonds is 0. The lowest BCUT2D eigenvalue weighted by molar-refractivity contribution is 0.103. The molecular formula is C20H9N3O. The summed E-state index contributed by atoms with van der Waals surface area (Å²) in [7, 11) is 0. The predicted octanol–water partition coefficient (Wildman–Crippen LogP) is 3.87. The standard InChI is InChI=1S/C20H9N3O/c21-10-11-5-6-14-15(9-11)20(24)19-17-13(7-8-22-18(14)17)12-3-1-2-4-16(12)23-19/h1-9H. The van der Waals surface area contributed by atoms with Crippen LogP contribution < -0.4 is 0 Å². The molecule has 4 aromatic rings. The van der Waals surface area contributed by atoms with Gasteiger partial charge in [-0.15, -0.1) is 0 Å². The Morgan fingerprint density at radius 3 is 2.67 bits per heavy atom. The van der Waals surface area contributed by atoms with Crippen LogP contribution >= 0.6 is 0 Å². The van der Waals surface area contributed by atoms with Crippen LogP contribution in [0.5, 0.6) is 0 Å². The monoisotopic (exact) mass is 307 g/mol. The maximum absolute atomic E-state index is 13.0. The van der Waals surface area contributed by atoms with E-state index in [0.29, 0.717) is 16.8 Å². The normalized spacial score (nSPS) is 12.2. The number of ketones is 1. The zero-order valence-electron chi connectivity index (χ0n) is 12.4. The van der Waals surface area contributed by atoms with Crippen molar-refractivity contribution >= 4 is 27.5 Å². The van der Waals surface area contributed by atoms with Crippen LogP contribution in [0.15, 0.2) is 54.7 Å². The maximum atomic E-state index is 13.0. The van der Waals surface area contributed by atoms with E-state index in [-0.39, 0.29) is 5.78 Å². The van der Waals surface area contributed by atoms with Crippen LogP contribution in [-0.4, -0.2) is 15.8 Å². The number of para-hydroxylation sites is 1. The fraction of sp³-hybridized carbons (Fsp3) is 0. The first kappa shape index (κ1) is 12.9. The van der Waals surface area contributed by atoms with E-state index in [1.54, 1.807) is 24.4 Å². The molecular weight excluding hydrogens is 298 g/mol. The summed E-state index contributed by atoms with van der Waals surface area (Å²) in [5.74, 6) is -0.154. The number of nitriles is 1. The van der Waals surface area contributed by atoms with Gasteiger partial charge in [-0.2, -0.15) is 5.26 Å². The van der Waals surface area contributed by atoms with Gasteiger partial charge in [-0.25, -0.2) is 4.98 Å². The Bertz CT molecular complexity index is 1240. The molecule has 0 fully saturated rings. The number of fused-ring (bicyclic) bond motifs is 4. The average Bonchev–Trinajstić information content (AvgIpc) is 2.65. The van der Waals surface area contributed by atoms with Crippen molar-refractivity contribution in [2.24, 2.45) is 0 Å². The fourth-order valence-corrected chi connectivity index (χ4v) is 3.41. The molecule has 0 radical (unpaired) electrons. The van der Waals surface area contributed by atoms with E-state index >= 15 is 0 Å². The van der Waals surface area contributed by atoms with Crippen molar-refractivity contribution in [3.8, 4) is 17.3 Å². The molecule has 110 valence electrons. The number of hydrogen-bond acceptors (Lipinski definition) is 4. The van der Waals surface area contributed by atoms with E-state index in [9.17, 15) is 4.79 Å². The summed E-state index contributed by atoms with van der Waals surface area (Å²) in [5.41, 5.74) is 3.65. The summed E-state index contributed by atoms with van der Waals surface area (Å²) in [6.45, 7) is 0. The smallest absolute Gasteiger partial charge is 0.212 e. The third kappa shape index (κ3) is 1.53. The zero-order valence-corrected chi connectivity index (χ0v) is 12.4. The van der Waals surface area contributed by atoms with E-state index in [4.69, 9.17) is 5.26 Å². The van der Waals surface area contributed by atoms with Crippen LogP contribution in [-0.2, 0) is 0 Å². The molecule has 0 saturated carbocycles. The Hall–Kier alpha value is -3.58. The first-order chi connectivity index (χ1) is 11.8. The molecule has 4 nitrogen and oxygen atoms in total. The summed E-state index contributed by atoms with van der Waals surface area (Å²) < 4.78 is 0. The molecule has 0 N–H and O–H groups in total. The molecule has 0 saturated heterocycles. The van der Waals surface area contributed by atoms with Gasteiger partial charge in [0.25, 0.3) is 0 Å². The third-order valence-electron chi connectivity index (χ3n) is 4.48. The second-order valence-electron chi connectivity index (χ2n) is 5.76. The highest BCUT2D eigenvalue weighted by Crippen LogP contribution is 2.39. The predicted molar refractivity (Wildman–Crippen MR) is 90.6 cm³/mol. The topological polar surface area (TPSA) is 66.6 Å². The van der Waals surface area contributed by atoms with Gasteiger partial charge in [0.1, 0.15) is 5.69 Å². The quantitative estimate of drug-likeness (QED) is 0.407. The third-order valence-corrected chi connectivity index (χ3v) is 4.48. The Labute approximate surface area is 137 Å². The van der Waals surface area contributed by atoms with E-state index < -0.39 is 0 Å². The molecule has 0 unspecified atom stereocenters. The number of aromatic nitrogens is 2. The van der Waals surface area contributed by atoms with Crippen molar-refractivity contribution in [3.63, 3.8) is 0 Å². The van der Waals surface area contributed by atoms with Gasteiger partial charge >= 0.3 is 0 Å². The molecule has 0 atom stereocenters. The minimum Gasteiger partial charge on any atom is -0.287 e. The molecule has 1 aliphatic rings. The van der Waals surface area contributed by atoms with Crippen LogP contribution in [0.2, 0.25) is 0 Å². The number of benzene rings is 2. The molecule has 2 aromatic heterocycles. The summed E-state index contributed by atoms with van der Waals surface area (Å²) in [5, 5.41) is 11.9. The lowest BCUT2D eigenvalue weighted by Crippen LogP contribution is -2.13. The van der Waals surface area contributed by atoms with Crippen LogP contribution in [0, 0.1) is 11.3 Å². The van der Waals surface area contributed by atoms with Gasteiger partial charge in [0.05, 0.1) is 22.8 Å². The number of pyridine rings is 2. The highest BCUT2D eigenvalue weighted by atomic mass is 16.1. The Kier molecular flexibility index (Phi) is 2.40. The lowest BCUT2D eigenvalue weighted by Gasteiger charge is -2.19. The van der Waals surface area contributed by atoms with Crippen LogP contribution in [0.4, 0.5) is 0 Å². The minimum atomic E-state index is -0.154. The van der Waals surface area contributed by atoms with Gasteiger partial charge in [-0.3, -0.25) is 9.78 Å². The molecule has 24 heavy (non-hydrogen) atoms. The SMILES string of the molecule is N#Cc1ccc2c(c1)C(=O)c1nc3ccccc3c3ccnc-2c13. The second-order valence-corrected chi connectivity index (χ2v) is 5.76. The zero-order chi connectivity index (χ0) is 16.3. The highest BCUT2D eigenvalue weighted by Gasteiger charge is 2.28. The minimum absolute atomic E-state index is 0.154. The molecule has 2 heterocycles. The molecule has 0 amide bonds. The van der Waals surface area contributed by atoms with E-state index in [2.05, 4.69) is 16.0 Å². The van der Waals surface area contributed by atoms with Gasteiger partial charge in [0.2, 0.25) is 5.78 Å². The van der Waals surface area contributed by atoms with Gasteiger partial charge in [0.15, 0.2) is 0 Å². The van der Waals surface area contributed by atoms with Crippen molar-refractivity contribution in [2.75, 3.05) is 0 Å². The van der Waals surface area contributed by atoms with Crippen LogP contribution in [0.3, 0.4) is 0 Å². The molecule has 0 aliphatic heterocycles. The van der Waals surface area contributed by atoms with Gasteiger partial charge in [0, 0.05) is 28.1 Å². The molecule has 2 aromatic carbocycles. The van der Waals surface area contributed by atoms with Crippen molar-refractivity contribution in [1.29, 1.82) is 5.26 Å². The van der Waals surface area contributed by atoms with Crippen molar-refractivity contribution in [1.82, 2.24) is 9.97 Å². The van der Waals surface area contributed by atoms with E-state index in [1.165, 1.54) is 0 Å². The number of hydrogen-bond donors (Lipinski definition) is 0.